The van der Waals surface area contributed by atoms with Crippen molar-refractivity contribution in [2.24, 2.45) is 5.92 Å². The Bertz CT molecular complexity index is 403. The highest BCUT2D eigenvalue weighted by Gasteiger charge is 2.48. The molecule has 0 aromatic heterocycles. The van der Waals surface area contributed by atoms with Crippen molar-refractivity contribution in [1.82, 2.24) is 9.80 Å². The molecule has 1 saturated heterocycles. The SMILES string of the molecule is CC(C)CN(CC(=O)O)C1CC(=O)N(C2CC2)C1=O. The van der Waals surface area contributed by atoms with Crippen molar-refractivity contribution in [2.75, 3.05) is 13.1 Å². The molecule has 6 nitrogen and oxygen atoms in total. The summed E-state index contributed by atoms with van der Waals surface area (Å²) in [5, 5.41) is 8.95. The molecule has 0 aromatic rings. The van der Waals surface area contributed by atoms with Crippen molar-refractivity contribution in [3.05, 3.63) is 0 Å². The molecule has 1 atom stereocenters. The number of amides is 2. The van der Waals surface area contributed by atoms with E-state index < -0.39 is 12.0 Å². The van der Waals surface area contributed by atoms with Crippen LogP contribution in [0.2, 0.25) is 0 Å². The molecule has 1 unspecified atom stereocenters. The maximum absolute atomic E-state index is 12.3. The van der Waals surface area contributed by atoms with Gasteiger partial charge in [0, 0.05) is 12.6 Å². The van der Waals surface area contributed by atoms with E-state index >= 15 is 0 Å². The Morgan fingerprint density at radius 2 is 2.05 bits per heavy atom. The van der Waals surface area contributed by atoms with Crippen LogP contribution < -0.4 is 0 Å². The Labute approximate surface area is 112 Å². The number of carboxylic acids is 1. The summed E-state index contributed by atoms with van der Waals surface area (Å²) in [6.45, 7) is 4.25. The van der Waals surface area contributed by atoms with Gasteiger partial charge in [-0.2, -0.15) is 0 Å². The number of carboxylic acid groups (broad SMARTS) is 1. The minimum absolute atomic E-state index is 0.0655. The molecule has 2 rings (SSSR count). The average molecular weight is 268 g/mol. The summed E-state index contributed by atoms with van der Waals surface area (Å²) in [6.07, 6.45) is 1.88. The molecule has 2 aliphatic rings. The van der Waals surface area contributed by atoms with Gasteiger partial charge in [0.15, 0.2) is 0 Å². The lowest BCUT2D eigenvalue weighted by Crippen LogP contribution is -2.46. The van der Waals surface area contributed by atoms with E-state index in [0.29, 0.717) is 6.54 Å². The smallest absolute Gasteiger partial charge is 0.317 e. The molecule has 6 heteroatoms. The maximum atomic E-state index is 12.3. The summed E-state index contributed by atoms with van der Waals surface area (Å²) in [5.41, 5.74) is 0. The van der Waals surface area contributed by atoms with E-state index in [1.54, 1.807) is 4.90 Å². The second-order valence-electron chi connectivity index (χ2n) is 5.77. The number of hydrogen-bond donors (Lipinski definition) is 1. The van der Waals surface area contributed by atoms with Gasteiger partial charge in [-0.3, -0.25) is 24.2 Å². The molecule has 106 valence electrons. The van der Waals surface area contributed by atoms with E-state index in [0.717, 1.165) is 12.8 Å². The van der Waals surface area contributed by atoms with Crippen LogP contribution in [0.15, 0.2) is 0 Å². The van der Waals surface area contributed by atoms with Gasteiger partial charge in [0.1, 0.15) is 0 Å². The predicted octanol–water partition coefficient (Wildman–Crippen LogP) is 0.319. The van der Waals surface area contributed by atoms with Gasteiger partial charge in [0.05, 0.1) is 19.0 Å². The average Bonchev–Trinajstić information content (AvgIpc) is 3.04. The van der Waals surface area contributed by atoms with Gasteiger partial charge in [-0.05, 0) is 18.8 Å². The van der Waals surface area contributed by atoms with E-state index in [4.69, 9.17) is 5.11 Å². The van der Waals surface area contributed by atoms with Gasteiger partial charge in [-0.25, -0.2) is 0 Å². The lowest BCUT2D eigenvalue weighted by molar-refractivity contribution is -0.141. The summed E-state index contributed by atoms with van der Waals surface area (Å²) in [5.74, 6) is -1.09. The second kappa shape index (κ2) is 5.28. The Kier molecular flexibility index (Phi) is 3.89. The largest absolute Gasteiger partial charge is 0.480 e. The summed E-state index contributed by atoms with van der Waals surface area (Å²) >= 11 is 0. The first kappa shape index (κ1) is 14.0. The van der Waals surface area contributed by atoms with E-state index in [-0.39, 0.29) is 36.7 Å². The van der Waals surface area contributed by atoms with Crippen LogP contribution in [0, 0.1) is 5.92 Å². The van der Waals surface area contributed by atoms with E-state index in [1.807, 2.05) is 13.8 Å². The van der Waals surface area contributed by atoms with Crippen molar-refractivity contribution in [3.63, 3.8) is 0 Å². The molecule has 19 heavy (non-hydrogen) atoms. The Balaban J connectivity index is 2.10. The topological polar surface area (TPSA) is 77.9 Å². The number of likely N-dealkylation sites (tertiary alicyclic amines) is 1. The van der Waals surface area contributed by atoms with Crippen molar-refractivity contribution in [3.8, 4) is 0 Å². The lowest BCUT2D eigenvalue weighted by Gasteiger charge is -2.27. The third kappa shape index (κ3) is 3.12. The molecule has 1 aliphatic carbocycles. The molecule has 0 aromatic carbocycles. The minimum Gasteiger partial charge on any atom is -0.480 e. The number of carbonyl (C=O) groups is 3. The molecule has 0 bridgehead atoms. The fraction of sp³-hybridized carbons (Fsp3) is 0.769. The molecule has 1 N–H and O–H groups in total. The standard InChI is InChI=1S/C13H20N2O4/c1-8(2)6-14(7-12(17)18)10-5-11(16)15(13(10)19)9-3-4-9/h8-10H,3-7H2,1-2H3,(H,17,18). The highest BCUT2D eigenvalue weighted by atomic mass is 16.4. The molecular weight excluding hydrogens is 248 g/mol. The Morgan fingerprint density at radius 1 is 1.42 bits per heavy atom. The third-order valence-corrected chi connectivity index (χ3v) is 3.45. The van der Waals surface area contributed by atoms with Crippen LogP contribution in [0.1, 0.15) is 33.1 Å². The van der Waals surface area contributed by atoms with Crippen LogP contribution >= 0.6 is 0 Å². The van der Waals surface area contributed by atoms with Crippen LogP contribution in [0.5, 0.6) is 0 Å². The fourth-order valence-corrected chi connectivity index (χ4v) is 2.58. The van der Waals surface area contributed by atoms with E-state index in [2.05, 4.69) is 0 Å². The quantitative estimate of drug-likeness (QED) is 0.702. The minimum atomic E-state index is -0.967. The van der Waals surface area contributed by atoms with Crippen molar-refractivity contribution < 1.29 is 19.5 Å². The summed E-state index contributed by atoms with van der Waals surface area (Å²) in [7, 11) is 0. The van der Waals surface area contributed by atoms with Crippen LogP contribution in [-0.2, 0) is 14.4 Å². The van der Waals surface area contributed by atoms with Gasteiger partial charge >= 0.3 is 5.97 Å². The lowest BCUT2D eigenvalue weighted by atomic mass is 10.1. The van der Waals surface area contributed by atoms with Gasteiger partial charge in [0.2, 0.25) is 11.8 Å². The zero-order chi connectivity index (χ0) is 14.2. The van der Waals surface area contributed by atoms with Crippen LogP contribution in [-0.4, -0.2) is 57.9 Å². The molecule has 0 spiro atoms. The summed E-state index contributed by atoms with van der Waals surface area (Å²) in [6, 6.07) is -0.526. The predicted molar refractivity (Wildman–Crippen MR) is 67.3 cm³/mol. The monoisotopic (exact) mass is 268 g/mol. The molecule has 1 aliphatic heterocycles. The number of rotatable bonds is 6. The molecule has 0 radical (unpaired) electrons. The number of imide groups is 1. The van der Waals surface area contributed by atoms with Gasteiger partial charge < -0.3 is 5.11 Å². The Hall–Kier alpha value is -1.43. The van der Waals surface area contributed by atoms with E-state index in [1.165, 1.54) is 4.90 Å². The van der Waals surface area contributed by atoms with Gasteiger partial charge in [-0.1, -0.05) is 13.8 Å². The zero-order valence-corrected chi connectivity index (χ0v) is 11.3. The van der Waals surface area contributed by atoms with Crippen LogP contribution in [0.4, 0.5) is 0 Å². The first-order valence-corrected chi connectivity index (χ1v) is 6.72. The molecule has 2 fully saturated rings. The van der Waals surface area contributed by atoms with Crippen LogP contribution in [0.3, 0.4) is 0 Å². The first-order valence-electron chi connectivity index (χ1n) is 6.72. The first-order chi connectivity index (χ1) is 8.90. The number of nitrogens with zero attached hydrogens (tertiary/aromatic N) is 2. The molecule has 1 heterocycles. The molecular formula is C13H20N2O4. The highest BCUT2D eigenvalue weighted by Crippen LogP contribution is 2.33. The van der Waals surface area contributed by atoms with Crippen molar-refractivity contribution in [1.29, 1.82) is 0 Å². The maximum Gasteiger partial charge on any atom is 0.317 e. The Morgan fingerprint density at radius 3 is 2.53 bits per heavy atom. The summed E-state index contributed by atoms with van der Waals surface area (Å²) < 4.78 is 0. The normalized spacial score (nSPS) is 23.8. The van der Waals surface area contributed by atoms with Gasteiger partial charge in [0.25, 0.3) is 0 Å². The highest BCUT2D eigenvalue weighted by molar-refractivity contribution is 6.06. The number of hydrogen-bond acceptors (Lipinski definition) is 4. The third-order valence-electron chi connectivity index (χ3n) is 3.45. The van der Waals surface area contributed by atoms with E-state index in [9.17, 15) is 14.4 Å². The van der Waals surface area contributed by atoms with Crippen molar-refractivity contribution >= 4 is 17.8 Å². The number of aliphatic carboxylic acids is 1. The van der Waals surface area contributed by atoms with Crippen molar-refractivity contribution in [2.45, 2.75) is 45.2 Å². The van der Waals surface area contributed by atoms with Gasteiger partial charge in [-0.15, -0.1) is 0 Å². The fourth-order valence-electron chi connectivity index (χ4n) is 2.58. The zero-order valence-electron chi connectivity index (χ0n) is 11.3. The molecule has 2 amide bonds. The second-order valence-corrected chi connectivity index (χ2v) is 5.77. The summed E-state index contributed by atoms with van der Waals surface area (Å²) in [4.78, 5) is 38.0. The molecule has 1 saturated carbocycles. The number of carbonyl (C=O) groups excluding carboxylic acids is 2. The van der Waals surface area contributed by atoms with Crippen LogP contribution in [0.25, 0.3) is 0 Å².